The SMILES string of the molecule is CS1(C2CCC=CC2=O)CCCC1. The molecule has 2 heteroatoms. The van der Waals surface area contributed by atoms with Gasteiger partial charge >= 0.3 is 0 Å². The molecule has 1 heterocycles. The summed E-state index contributed by atoms with van der Waals surface area (Å²) in [4.78, 5) is 11.7. The third-order valence-corrected chi connectivity index (χ3v) is 7.64. The maximum atomic E-state index is 11.7. The smallest absolute Gasteiger partial charge is 0.166 e. The second-order valence-electron chi connectivity index (χ2n) is 4.34. The van der Waals surface area contributed by atoms with Crippen molar-refractivity contribution in [3.8, 4) is 0 Å². The molecule has 1 aliphatic heterocycles. The molecule has 0 amide bonds. The van der Waals surface area contributed by atoms with Gasteiger partial charge in [0.25, 0.3) is 0 Å². The Balaban J connectivity index is 2.14. The van der Waals surface area contributed by atoms with E-state index in [4.69, 9.17) is 0 Å². The molecule has 0 aromatic rings. The van der Waals surface area contributed by atoms with Crippen LogP contribution in [-0.4, -0.2) is 28.8 Å². The van der Waals surface area contributed by atoms with Crippen molar-refractivity contribution in [2.75, 3.05) is 17.8 Å². The van der Waals surface area contributed by atoms with Crippen molar-refractivity contribution >= 4 is 15.8 Å². The van der Waals surface area contributed by atoms with Gasteiger partial charge in [-0.2, -0.15) is 0 Å². The van der Waals surface area contributed by atoms with Gasteiger partial charge in [0.15, 0.2) is 5.78 Å². The van der Waals surface area contributed by atoms with Crippen molar-refractivity contribution in [2.24, 2.45) is 0 Å². The van der Waals surface area contributed by atoms with Crippen molar-refractivity contribution in [2.45, 2.75) is 30.9 Å². The number of hydrogen-bond acceptors (Lipinski definition) is 1. The molecule has 1 saturated heterocycles. The number of allylic oxidation sites excluding steroid dienone is 2. The maximum Gasteiger partial charge on any atom is 0.166 e. The monoisotopic (exact) mass is 198 g/mol. The van der Waals surface area contributed by atoms with E-state index in [0.717, 1.165) is 12.8 Å². The van der Waals surface area contributed by atoms with Crippen LogP contribution in [0.5, 0.6) is 0 Å². The normalized spacial score (nSPS) is 34.8. The molecule has 1 atom stereocenters. The number of ketones is 1. The Morgan fingerprint density at radius 1 is 1.38 bits per heavy atom. The number of hydrogen-bond donors (Lipinski definition) is 0. The average molecular weight is 198 g/mol. The molecule has 0 radical (unpaired) electrons. The van der Waals surface area contributed by atoms with Gasteiger partial charge in [-0.1, -0.05) is 6.08 Å². The Hall–Kier alpha value is -0.240. The highest BCUT2D eigenvalue weighted by Gasteiger charge is 2.36. The van der Waals surface area contributed by atoms with Crippen LogP contribution in [0.25, 0.3) is 0 Å². The van der Waals surface area contributed by atoms with Gasteiger partial charge in [-0.05, 0) is 49.5 Å². The Morgan fingerprint density at radius 3 is 2.69 bits per heavy atom. The fourth-order valence-corrected chi connectivity index (χ4v) is 6.36. The Labute approximate surface area is 81.9 Å². The van der Waals surface area contributed by atoms with E-state index in [1.165, 1.54) is 24.3 Å². The van der Waals surface area contributed by atoms with Gasteiger partial charge in [-0.15, -0.1) is 0 Å². The van der Waals surface area contributed by atoms with Gasteiger partial charge in [0.1, 0.15) is 0 Å². The van der Waals surface area contributed by atoms with E-state index in [1.807, 2.05) is 12.2 Å². The van der Waals surface area contributed by atoms with E-state index in [-0.39, 0.29) is 0 Å². The number of rotatable bonds is 1. The molecule has 0 spiro atoms. The molecule has 0 aromatic heterocycles. The Morgan fingerprint density at radius 2 is 2.08 bits per heavy atom. The van der Waals surface area contributed by atoms with E-state index >= 15 is 0 Å². The van der Waals surface area contributed by atoms with Crippen LogP contribution in [0.2, 0.25) is 0 Å². The summed E-state index contributed by atoms with van der Waals surface area (Å²) in [5, 5.41) is 0.417. The molecule has 1 aliphatic carbocycles. The van der Waals surface area contributed by atoms with E-state index in [2.05, 4.69) is 6.26 Å². The van der Waals surface area contributed by atoms with Crippen molar-refractivity contribution in [3.05, 3.63) is 12.2 Å². The molecule has 1 fully saturated rings. The van der Waals surface area contributed by atoms with Gasteiger partial charge < -0.3 is 0 Å². The average Bonchev–Trinajstić information content (AvgIpc) is 2.54. The molecule has 0 N–H and O–H groups in total. The summed E-state index contributed by atoms with van der Waals surface area (Å²) >= 11 is 0. The Kier molecular flexibility index (Phi) is 2.50. The summed E-state index contributed by atoms with van der Waals surface area (Å²) in [6.07, 6.45) is 11.2. The number of carbonyl (C=O) groups excluding carboxylic acids is 1. The van der Waals surface area contributed by atoms with Crippen molar-refractivity contribution in [1.82, 2.24) is 0 Å². The lowest BCUT2D eigenvalue weighted by atomic mass is 10.1. The molecular weight excluding hydrogens is 180 g/mol. The van der Waals surface area contributed by atoms with E-state index in [0.29, 0.717) is 11.0 Å². The number of carbonyl (C=O) groups is 1. The molecule has 2 aliphatic rings. The lowest BCUT2D eigenvalue weighted by molar-refractivity contribution is -0.114. The highest BCUT2D eigenvalue weighted by Crippen LogP contribution is 2.56. The van der Waals surface area contributed by atoms with Crippen molar-refractivity contribution in [3.63, 3.8) is 0 Å². The maximum absolute atomic E-state index is 11.7. The highest BCUT2D eigenvalue weighted by molar-refractivity contribution is 8.34. The predicted molar refractivity (Wildman–Crippen MR) is 59.7 cm³/mol. The molecule has 13 heavy (non-hydrogen) atoms. The zero-order valence-electron chi connectivity index (χ0n) is 8.29. The third-order valence-electron chi connectivity index (χ3n) is 3.35. The second kappa shape index (κ2) is 3.49. The summed E-state index contributed by atoms with van der Waals surface area (Å²) in [5.74, 6) is 3.11. The standard InChI is InChI=1S/C11H18OS/c1-13(8-4-5-9-13)11-7-3-2-6-10(11)12/h2,6,11H,3-5,7-9H2,1H3. The first kappa shape index (κ1) is 9.32. The zero-order chi connectivity index (χ0) is 9.31. The van der Waals surface area contributed by atoms with E-state index < -0.39 is 10.0 Å². The minimum Gasteiger partial charge on any atom is -0.294 e. The van der Waals surface area contributed by atoms with Gasteiger partial charge in [0, 0.05) is 0 Å². The topological polar surface area (TPSA) is 17.1 Å². The molecule has 0 saturated carbocycles. The first-order valence-electron chi connectivity index (χ1n) is 5.15. The molecule has 0 bridgehead atoms. The molecular formula is C11H18OS. The van der Waals surface area contributed by atoms with Crippen LogP contribution in [0.1, 0.15) is 25.7 Å². The summed E-state index contributed by atoms with van der Waals surface area (Å²) in [7, 11) is -0.555. The lowest BCUT2D eigenvalue weighted by Crippen LogP contribution is -2.28. The third kappa shape index (κ3) is 1.69. The Bertz CT molecular complexity index is 238. The van der Waals surface area contributed by atoms with Crippen LogP contribution in [0.3, 0.4) is 0 Å². The van der Waals surface area contributed by atoms with Gasteiger partial charge in [0.05, 0.1) is 5.25 Å². The molecule has 1 unspecified atom stereocenters. The highest BCUT2D eigenvalue weighted by atomic mass is 32.3. The fourth-order valence-electron chi connectivity index (χ4n) is 2.51. The fraction of sp³-hybridized carbons (Fsp3) is 0.727. The van der Waals surface area contributed by atoms with Crippen LogP contribution in [0.15, 0.2) is 12.2 Å². The summed E-state index contributed by atoms with van der Waals surface area (Å²) in [6.45, 7) is 0. The summed E-state index contributed by atoms with van der Waals surface area (Å²) in [6, 6.07) is 0. The predicted octanol–water partition coefficient (Wildman–Crippen LogP) is 2.50. The summed E-state index contributed by atoms with van der Waals surface area (Å²) in [5.41, 5.74) is 0. The van der Waals surface area contributed by atoms with Gasteiger partial charge in [0.2, 0.25) is 0 Å². The van der Waals surface area contributed by atoms with Gasteiger partial charge in [-0.3, -0.25) is 4.79 Å². The van der Waals surface area contributed by atoms with E-state index in [1.54, 1.807) is 0 Å². The second-order valence-corrected chi connectivity index (χ2v) is 8.42. The summed E-state index contributed by atoms with van der Waals surface area (Å²) < 4.78 is 0. The van der Waals surface area contributed by atoms with Crippen LogP contribution in [0, 0.1) is 0 Å². The van der Waals surface area contributed by atoms with Crippen molar-refractivity contribution in [1.29, 1.82) is 0 Å². The van der Waals surface area contributed by atoms with Crippen LogP contribution >= 0.6 is 10.0 Å². The molecule has 74 valence electrons. The zero-order valence-corrected chi connectivity index (χ0v) is 9.11. The van der Waals surface area contributed by atoms with Crippen LogP contribution in [0.4, 0.5) is 0 Å². The first-order chi connectivity index (χ1) is 6.22. The van der Waals surface area contributed by atoms with Gasteiger partial charge in [-0.25, -0.2) is 10.0 Å². The first-order valence-corrected chi connectivity index (χ1v) is 7.60. The lowest BCUT2D eigenvalue weighted by Gasteiger charge is -2.39. The van der Waals surface area contributed by atoms with Crippen LogP contribution < -0.4 is 0 Å². The van der Waals surface area contributed by atoms with Crippen molar-refractivity contribution < 1.29 is 4.79 Å². The van der Waals surface area contributed by atoms with E-state index in [9.17, 15) is 4.79 Å². The molecule has 2 rings (SSSR count). The minimum atomic E-state index is -0.555. The molecule has 1 nitrogen and oxygen atoms in total. The van der Waals surface area contributed by atoms with Crippen LogP contribution in [-0.2, 0) is 4.79 Å². The quantitative estimate of drug-likeness (QED) is 0.632. The minimum absolute atomic E-state index is 0.417. The largest absolute Gasteiger partial charge is 0.294 e. The molecule has 0 aromatic carbocycles.